The Labute approximate surface area is 164 Å². The smallest absolute Gasteiger partial charge is 0.229 e. The van der Waals surface area contributed by atoms with Gasteiger partial charge in [0.25, 0.3) is 0 Å². The number of amides is 1. The topological polar surface area (TPSA) is 45.2 Å². The van der Waals surface area contributed by atoms with Gasteiger partial charge >= 0.3 is 0 Å². The highest BCUT2D eigenvalue weighted by atomic mass is 32.1. The lowest BCUT2D eigenvalue weighted by Gasteiger charge is -2.31. The fraction of sp³-hybridized carbons (Fsp3) is 0.364. The number of fused-ring (bicyclic) bond motifs is 1. The van der Waals surface area contributed by atoms with Crippen LogP contribution in [-0.2, 0) is 11.2 Å². The third kappa shape index (κ3) is 3.83. The van der Waals surface area contributed by atoms with E-state index in [4.69, 9.17) is 4.98 Å². The van der Waals surface area contributed by atoms with Crippen molar-refractivity contribution in [1.82, 2.24) is 4.98 Å². The maximum absolute atomic E-state index is 12.9. The molecule has 0 bridgehead atoms. The summed E-state index contributed by atoms with van der Waals surface area (Å²) < 4.78 is 1.22. The fourth-order valence-corrected chi connectivity index (χ4v) is 4.80. The van der Waals surface area contributed by atoms with E-state index in [1.807, 2.05) is 18.2 Å². The van der Waals surface area contributed by atoms with Crippen LogP contribution in [0.15, 0.2) is 42.5 Å². The van der Waals surface area contributed by atoms with Crippen molar-refractivity contribution in [2.24, 2.45) is 5.92 Å². The predicted octanol–water partition coefficient (Wildman–Crippen LogP) is 5.02. The highest BCUT2D eigenvalue weighted by Gasteiger charge is 2.27. The van der Waals surface area contributed by atoms with E-state index >= 15 is 0 Å². The first-order valence-electron chi connectivity index (χ1n) is 9.65. The van der Waals surface area contributed by atoms with Gasteiger partial charge < -0.3 is 10.2 Å². The highest BCUT2D eigenvalue weighted by molar-refractivity contribution is 7.22. The van der Waals surface area contributed by atoms with E-state index in [2.05, 4.69) is 48.3 Å². The molecule has 1 fully saturated rings. The van der Waals surface area contributed by atoms with Gasteiger partial charge in [0.15, 0.2) is 5.13 Å². The van der Waals surface area contributed by atoms with Gasteiger partial charge in [0.05, 0.1) is 16.1 Å². The van der Waals surface area contributed by atoms with Crippen LogP contribution in [0.1, 0.15) is 30.9 Å². The summed E-state index contributed by atoms with van der Waals surface area (Å²) in [4.78, 5) is 19.9. The molecule has 3 aromatic rings. The zero-order valence-corrected chi connectivity index (χ0v) is 16.7. The van der Waals surface area contributed by atoms with E-state index < -0.39 is 0 Å². The molecule has 140 valence electrons. The summed E-state index contributed by atoms with van der Waals surface area (Å²) in [6.07, 6.45) is 2.86. The Hall–Kier alpha value is -2.40. The SMILES string of the molecule is CCc1ccccc1NC(=O)C1CCCN(c2nc3ccc(C)cc3s2)C1. The monoisotopic (exact) mass is 379 g/mol. The fourth-order valence-electron chi connectivity index (χ4n) is 3.71. The quantitative estimate of drug-likeness (QED) is 0.692. The Morgan fingerprint density at radius 1 is 1.30 bits per heavy atom. The van der Waals surface area contributed by atoms with Crippen molar-refractivity contribution in [3.05, 3.63) is 53.6 Å². The van der Waals surface area contributed by atoms with Crippen LogP contribution in [0.3, 0.4) is 0 Å². The molecule has 1 N–H and O–H groups in total. The number of thiazole rings is 1. The van der Waals surface area contributed by atoms with E-state index in [-0.39, 0.29) is 11.8 Å². The van der Waals surface area contributed by atoms with Crippen LogP contribution in [0, 0.1) is 12.8 Å². The summed E-state index contributed by atoms with van der Waals surface area (Å²) in [5.74, 6) is 0.120. The molecular weight excluding hydrogens is 354 g/mol. The van der Waals surface area contributed by atoms with Gasteiger partial charge in [-0.25, -0.2) is 4.98 Å². The Morgan fingerprint density at radius 3 is 3.00 bits per heavy atom. The summed E-state index contributed by atoms with van der Waals surface area (Å²) in [7, 11) is 0. The molecule has 0 radical (unpaired) electrons. The average molecular weight is 380 g/mol. The number of carbonyl (C=O) groups excluding carboxylic acids is 1. The summed E-state index contributed by atoms with van der Waals surface area (Å²) in [5, 5.41) is 4.18. The number of nitrogens with one attached hydrogen (secondary N) is 1. The summed E-state index contributed by atoms with van der Waals surface area (Å²) in [6, 6.07) is 14.4. The molecule has 1 aliphatic heterocycles. The standard InChI is InChI=1S/C22H25N3OS/c1-3-16-7-4-5-9-18(16)23-21(26)17-8-6-12-25(14-17)22-24-19-11-10-15(2)13-20(19)27-22/h4-5,7,9-11,13,17H,3,6,8,12,14H2,1-2H3,(H,23,26). The molecule has 2 heterocycles. The minimum Gasteiger partial charge on any atom is -0.347 e. The van der Waals surface area contributed by atoms with E-state index in [0.29, 0.717) is 0 Å². The lowest BCUT2D eigenvalue weighted by molar-refractivity contribution is -0.120. The first-order chi connectivity index (χ1) is 13.1. The van der Waals surface area contributed by atoms with Gasteiger partial charge in [-0.1, -0.05) is 42.5 Å². The maximum atomic E-state index is 12.9. The van der Waals surface area contributed by atoms with Gasteiger partial charge in [-0.15, -0.1) is 0 Å². The Morgan fingerprint density at radius 2 is 2.15 bits per heavy atom. The second-order valence-electron chi connectivity index (χ2n) is 7.25. The molecule has 27 heavy (non-hydrogen) atoms. The van der Waals surface area contributed by atoms with Crippen LogP contribution in [0.2, 0.25) is 0 Å². The Kier molecular flexibility index (Phi) is 5.12. The number of aromatic nitrogens is 1. The second-order valence-corrected chi connectivity index (χ2v) is 8.26. The zero-order valence-electron chi connectivity index (χ0n) is 15.9. The molecule has 4 rings (SSSR count). The number of para-hydroxylation sites is 1. The van der Waals surface area contributed by atoms with Crippen molar-refractivity contribution in [2.75, 3.05) is 23.3 Å². The average Bonchev–Trinajstić information content (AvgIpc) is 3.11. The number of carbonyl (C=O) groups is 1. The van der Waals surface area contributed by atoms with Crippen molar-refractivity contribution in [3.63, 3.8) is 0 Å². The number of nitrogens with zero attached hydrogens (tertiary/aromatic N) is 2. The Balaban J connectivity index is 1.49. The van der Waals surface area contributed by atoms with Gasteiger partial charge in [0.1, 0.15) is 0 Å². The van der Waals surface area contributed by atoms with Crippen molar-refractivity contribution < 1.29 is 4.79 Å². The van der Waals surface area contributed by atoms with Gasteiger partial charge in [-0.2, -0.15) is 0 Å². The summed E-state index contributed by atoms with van der Waals surface area (Å²) >= 11 is 1.72. The van der Waals surface area contributed by atoms with Crippen LogP contribution >= 0.6 is 11.3 Å². The van der Waals surface area contributed by atoms with E-state index in [1.54, 1.807) is 11.3 Å². The van der Waals surface area contributed by atoms with Gasteiger partial charge in [0.2, 0.25) is 5.91 Å². The highest BCUT2D eigenvalue weighted by Crippen LogP contribution is 2.32. The summed E-state index contributed by atoms with van der Waals surface area (Å²) in [6.45, 7) is 5.92. The molecule has 1 unspecified atom stereocenters. The van der Waals surface area contributed by atoms with Gasteiger partial charge in [0, 0.05) is 18.8 Å². The number of benzene rings is 2. The number of hydrogen-bond donors (Lipinski definition) is 1. The van der Waals surface area contributed by atoms with Crippen molar-refractivity contribution in [1.29, 1.82) is 0 Å². The van der Waals surface area contributed by atoms with E-state index in [9.17, 15) is 4.79 Å². The maximum Gasteiger partial charge on any atom is 0.229 e. The second kappa shape index (κ2) is 7.69. The normalized spacial score (nSPS) is 17.3. The summed E-state index contributed by atoms with van der Waals surface area (Å²) in [5.41, 5.74) is 4.42. The molecular formula is C22H25N3OS. The van der Waals surface area contributed by atoms with Gasteiger partial charge in [-0.05, 0) is 55.5 Å². The molecule has 1 saturated heterocycles. The first-order valence-corrected chi connectivity index (χ1v) is 10.5. The molecule has 0 aliphatic carbocycles. The van der Waals surface area contributed by atoms with Crippen LogP contribution in [0.25, 0.3) is 10.2 Å². The number of aryl methyl sites for hydroxylation is 2. The van der Waals surface area contributed by atoms with Crippen LogP contribution in [0.4, 0.5) is 10.8 Å². The molecule has 0 spiro atoms. The van der Waals surface area contributed by atoms with E-state index in [1.165, 1.54) is 15.8 Å². The largest absolute Gasteiger partial charge is 0.347 e. The van der Waals surface area contributed by atoms with Crippen LogP contribution in [0.5, 0.6) is 0 Å². The molecule has 0 saturated carbocycles. The van der Waals surface area contributed by atoms with Crippen LogP contribution in [-0.4, -0.2) is 24.0 Å². The van der Waals surface area contributed by atoms with Crippen molar-refractivity contribution in [3.8, 4) is 0 Å². The third-order valence-corrected chi connectivity index (χ3v) is 6.33. The van der Waals surface area contributed by atoms with Gasteiger partial charge in [-0.3, -0.25) is 4.79 Å². The minimum atomic E-state index is -0.00240. The zero-order chi connectivity index (χ0) is 18.8. The molecule has 4 nitrogen and oxygen atoms in total. The molecule has 1 amide bonds. The number of hydrogen-bond acceptors (Lipinski definition) is 4. The minimum absolute atomic E-state index is 0.00240. The predicted molar refractivity (Wildman–Crippen MR) is 114 cm³/mol. The van der Waals surface area contributed by atoms with Crippen molar-refractivity contribution >= 4 is 38.3 Å². The van der Waals surface area contributed by atoms with Crippen molar-refractivity contribution in [2.45, 2.75) is 33.1 Å². The molecule has 1 atom stereocenters. The lowest BCUT2D eigenvalue weighted by atomic mass is 9.97. The third-order valence-electron chi connectivity index (χ3n) is 5.25. The Bertz CT molecular complexity index is 965. The molecule has 1 aromatic heterocycles. The number of piperidine rings is 1. The molecule has 1 aliphatic rings. The molecule has 2 aromatic carbocycles. The first kappa shape index (κ1) is 18.0. The van der Waals surface area contributed by atoms with E-state index in [0.717, 1.165) is 48.7 Å². The number of rotatable bonds is 4. The van der Waals surface area contributed by atoms with Crippen LogP contribution < -0.4 is 10.2 Å². The number of anilines is 2. The molecule has 5 heteroatoms. The lowest BCUT2D eigenvalue weighted by Crippen LogP contribution is -2.40.